The fourth-order valence-corrected chi connectivity index (χ4v) is 7.08. The first-order valence-electron chi connectivity index (χ1n) is 13.6. The lowest BCUT2D eigenvalue weighted by Crippen LogP contribution is -2.47. The molecular weight excluding hydrogens is 573 g/mol. The number of thioether (sulfide) groups is 1. The highest BCUT2D eigenvalue weighted by Gasteiger charge is 2.36. The van der Waals surface area contributed by atoms with Gasteiger partial charge in [-0.2, -0.15) is 0 Å². The Labute approximate surface area is 251 Å². The summed E-state index contributed by atoms with van der Waals surface area (Å²) in [5.41, 5.74) is 3.55. The van der Waals surface area contributed by atoms with Gasteiger partial charge in [0, 0.05) is 48.6 Å². The van der Waals surface area contributed by atoms with Gasteiger partial charge in [0.1, 0.15) is 5.82 Å². The van der Waals surface area contributed by atoms with Gasteiger partial charge in [0.25, 0.3) is 0 Å². The number of nitrogens with zero attached hydrogens (tertiary/aromatic N) is 1. The third-order valence-electron chi connectivity index (χ3n) is 7.68. The zero-order valence-electron chi connectivity index (χ0n) is 23.1. The minimum absolute atomic E-state index is 0.141. The monoisotopic (exact) mass is 601 g/mol. The average molecular weight is 602 g/mol. The van der Waals surface area contributed by atoms with Gasteiger partial charge in [-0.05, 0) is 56.2 Å². The van der Waals surface area contributed by atoms with E-state index in [0.717, 1.165) is 27.4 Å². The fraction of sp³-hybridized carbons (Fsp3) is 0.212. The first-order chi connectivity index (χ1) is 20.1. The molecule has 6 rings (SSSR count). The maximum Gasteiger partial charge on any atom is 0.405 e. The predicted octanol–water partition coefficient (Wildman–Crippen LogP) is 8.47. The SMILES string of the molecule is CC(C)(C[C@H]1CSc2cc(F)c(-c3cccc4c3[nH]c3ccccc34)cc2N(Cc2ccc(Cl)cc2)C1=O)NC(=O)O. The van der Waals surface area contributed by atoms with Crippen molar-refractivity contribution in [2.45, 2.75) is 37.2 Å². The van der Waals surface area contributed by atoms with E-state index in [2.05, 4.69) is 10.3 Å². The summed E-state index contributed by atoms with van der Waals surface area (Å²) in [6, 6.07) is 24.4. The molecule has 5 aromatic rings. The molecule has 9 heteroatoms. The molecule has 0 unspecified atom stereocenters. The lowest BCUT2D eigenvalue weighted by Gasteiger charge is -2.31. The number of hydrogen-bond donors (Lipinski definition) is 3. The molecule has 4 aromatic carbocycles. The van der Waals surface area contributed by atoms with Gasteiger partial charge in [-0.15, -0.1) is 11.8 Å². The van der Waals surface area contributed by atoms with Crippen LogP contribution in [0.15, 0.2) is 83.8 Å². The Hall–Kier alpha value is -4.01. The number of nitrogens with one attached hydrogen (secondary N) is 2. The minimum Gasteiger partial charge on any atom is -0.465 e. The van der Waals surface area contributed by atoms with E-state index in [4.69, 9.17) is 11.6 Å². The first kappa shape index (κ1) is 28.1. The standard InChI is InChI=1S/C33H29ClFN3O3S/c1-33(2,37-32(40)41)16-20-18-42-29-15-26(35)25(14-28(29)38(31(20)39)17-19-10-12-21(34)13-11-19)24-8-5-7-23-22-6-3-4-9-27(22)36-30(23)24/h3-15,20,36-37H,16-18H2,1-2H3,(H,40,41)/t20-/m0/s1. The number of benzene rings is 4. The number of carbonyl (C=O) groups excluding carboxylic acids is 1. The molecule has 0 saturated heterocycles. The molecule has 0 aliphatic carbocycles. The smallest absolute Gasteiger partial charge is 0.405 e. The van der Waals surface area contributed by atoms with Crippen molar-refractivity contribution in [2.75, 3.05) is 10.7 Å². The van der Waals surface area contributed by atoms with Crippen LogP contribution in [-0.4, -0.2) is 33.4 Å². The number of carbonyl (C=O) groups is 2. The van der Waals surface area contributed by atoms with E-state index in [1.807, 2.05) is 54.6 Å². The number of aromatic nitrogens is 1. The predicted molar refractivity (Wildman–Crippen MR) is 168 cm³/mol. The number of aromatic amines is 1. The molecule has 214 valence electrons. The van der Waals surface area contributed by atoms with E-state index < -0.39 is 17.6 Å². The molecule has 42 heavy (non-hydrogen) atoms. The second-order valence-electron chi connectivity index (χ2n) is 11.3. The molecule has 0 bridgehead atoms. The third-order valence-corrected chi connectivity index (χ3v) is 9.14. The van der Waals surface area contributed by atoms with Gasteiger partial charge < -0.3 is 20.3 Å². The highest BCUT2D eigenvalue weighted by atomic mass is 35.5. The van der Waals surface area contributed by atoms with Crippen LogP contribution in [0.5, 0.6) is 0 Å². The largest absolute Gasteiger partial charge is 0.465 e. The van der Waals surface area contributed by atoms with E-state index in [-0.39, 0.29) is 18.3 Å². The highest BCUT2D eigenvalue weighted by Crippen LogP contribution is 2.43. The lowest BCUT2D eigenvalue weighted by molar-refractivity contribution is -0.122. The summed E-state index contributed by atoms with van der Waals surface area (Å²) in [5, 5.41) is 14.5. The van der Waals surface area contributed by atoms with E-state index >= 15 is 4.39 Å². The van der Waals surface area contributed by atoms with Crippen molar-refractivity contribution in [1.82, 2.24) is 10.3 Å². The Morgan fingerprint density at radius 2 is 1.81 bits per heavy atom. The summed E-state index contributed by atoms with van der Waals surface area (Å²) in [5.74, 6) is -0.625. The van der Waals surface area contributed by atoms with Crippen molar-refractivity contribution >= 4 is 62.9 Å². The van der Waals surface area contributed by atoms with Gasteiger partial charge in [0.15, 0.2) is 0 Å². The van der Waals surface area contributed by atoms with E-state index in [9.17, 15) is 14.7 Å². The van der Waals surface area contributed by atoms with Crippen LogP contribution in [0.3, 0.4) is 0 Å². The number of carboxylic acid groups (broad SMARTS) is 1. The zero-order valence-corrected chi connectivity index (χ0v) is 24.7. The Morgan fingerprint density at radius 1 is 1.07 bits per heavy atom. The van der Waals surface area contributed by atoms with Crippen LogP contribution in [0.1, 0.15) is 25.8 Å². The van der Waals surface area contributed by atoms with Crippen LogP contribution in [-0.2, 0) is 11.3 Å². The van der Waals surface area contributed by atoms with E-state index in [0.29, 0.717) is 38.9 Å². The number of rotatable bonds is 6. The minimum atomic E-state index is -1.15. The van der Waals surface area contributed by atoms with E-state index in [1.165, 1.54) is 17.8 Å². The Bertz CT molecular complexity index is 1840. The lowest BCUT2D eigenvalue weighted by atomic mass is 9.90. The van der Waals surface area contributed by atoms with Crippen molar-refractivity contribution in [3.05, 3.63) is 95.3 Å². The number of anilines is 1. The maximum atomic E-state index is 16.0. The van der Waals surface area contributed by atoms with Crippen LogP contribution in [0.4, 0.5) is 14.9 Å². The Morgan fingerprint density at radius 3 is 2.57 bits per heavy atom. The van der Waals surface area contributed by atoms with Crippen LogP contribution in [0.25, 0.3) is 32.9 Å². The van der Waals surface area contributed by atoms with Crippen molar-refractivity contribution in [3.8, 4) is 11.1 Å². The molecule has 2 amide bonds. The Balaban J connectivity index is 1.47. The molecule has 0 radical (unpaired) electrons. The summed E-state index contributed by atoms with van der Waals surface area (Å²) < 4.78 is 16.0. The van der Waals surface area contributed by atoms with Gasteiger partial charge in [-0.1, -0.05) is 60.1 Å². The van der Waals surface area contributed by atoms with Gasteiger partial charge in [0.05, 0.1) is 23.7 Å². The van der Waals surface area contributed by atoms with Crippen molar-refractivity contribution < 1.29 is 19.1 Å². The molecular formula is C33H29ClFN3O3S. The van der Waals surface area contributed by atoms with Crippen molar-refractivity contribution in [2.24, 2.45) is 5.92 Å². The summed E-state index contributed by atoms with van der Waals surface area (Å²) in [6.45, 7) is 3.79. The molecule has 0 spiro atoms. The van der Waals surface area contributed by atoms with Gasteiger partial charge in [-0.3, -0.25) is 4.79 Å². The number of fused-ring (bicyclic) bond motifs is 4. The molecule has 1 atom stereocenters. The summed E-state index contributed by atoms with van der Waals surface area (Å²) in [7, 11) is 0. The zero-order chi connectivity index (χ0) is 29.6. The quantitative estimate of drug-likeness (QED) is 0.182. The summed E-state index contributed by atoms with van der Waals surface area (Å²) in [6.07, 6.45) is -0.854. The molecule has 2 heterocycles. The van der Waals surface area contributed by atoms with Crippen molar-refractivity contribution in [3.63, 3.8) is 0 Å². The molecule has 1 aliphatic heterocycles. The van der Waals surface area contributed by atoms with Crippen LogP contribution < -0.4 is 10.2 Å². The number of para-hydroxylation sites is 2. The Kier molecular flexibility index (Phi) is 7.37. The van der Waals surface area contributed by atoms with E-state index in [1.54, 1.807) is 36.9 Å². The van der Waals surface area contributed by atoms with Crippen LogP contribution in [0.2, 0.25) is 5.02 Å². The molecule has 0 fully saturated rings. The molecule has 1 aromatic heterocycles. The van der Waals surface area contributed by atoms with Crippen molar-refractivity contribution in [1.29, 1.82) is 0 Å². The average Bonchev–Trinajstić information content (AvgIpc) is 3.28. The fourth-order valence-electron chi connectivity index (χ4n) is 5.81. The van der Waals surface area contributed by atoms with Crippen LogP contribution in [0, 0.1) is 11.7 Å². The van der Waals surface area contributed by atoms with Gasteiger partial charge in [-0.25, -0.2) is 9.18 Å². The first-order valence-corrected chi connectivity index (χ1v) is 15.0. The molecule has 3 N–H and O–H groups in total. The third kappa shape index (κ3) is 5.44. The second-order valence-corrected chi connectivity index (χ2v) is 12.8. The second kappa shape index (κ2) is 11.0. The van der Waals surface area contributed by atoms with Crippen LogP contribution >= 0.6 is 23.4 Å². The number of hydrogen-bond acceptors (Lipinski definition) is 3. The molecule has 1 aliphatic rings. The topological polar surface area (TPSA) is 85.4 Å². The molecule has 0 saturated carbocycles. The normalized spacial score (nSPS) is 15.6. The summed E-state index contributed by atoms with van der Waals surface area (Å²) >= 11 is 7.54. The maximum absolute atomic E-state index is 16.0. The highest BCUT2D eigenvalue weighted by molar-refractivity contribution is 7.99. The van der Waals surface area contributed by atoms with Gasteiger partial charge >= 0.3 is 6.09 Å². The summed E-state index contributed by atoms with van der Waals surface area (Å²) in [4.78, 5) is 31.4. The number of halogens is 2. The number of amides is 2. The van der Waals surface area contributed by atoms with Gasteiger partial charge in [0.2, 0.25) is 5.91 Å². The molecule has 6 nitrogen and oxygen atoms in total. The number of H-pyrrole nitrogens is 1.